The molecule has 0 fully saturated rings. The molecular weight excluding hydrogens is 468 g/mol. The number of sulfonamides is 1. The van der Waals surface area contributed by atoms with Crippen LogP contribution in [0, 0.1) is 0 Å². The number of carbonyl (C=O) groups excluding carboxylic acids is 1. The van der Waals surface area contributed by atoms with Crippen molar-refractivity contribution in [1.29, 1.82) is 0 Å². The highest BCUT2D eigenvalue weighted by Crippen LogP contribution is 2.32. The number of aryl methyl sites for hydroxylation is 2. The minimum absolute atomic E-state index is 0.106. The van der Waals surface area contributed by atoms with E-state index in [0.29, 0.717) is 30.0 Å². The van der Waals surface area contributed by atoms with Gasteiger partial charge in [-0.25, -0.2) is 8.42 Å². The van der Waals surface area contributed by atoms with Gasteiger partial charge in [0.2, 0.25) is 16.8 Å². The molecule has 184 valence electrons. The van der Waals surface area contributed by atoms with Crippen molar-refractivity contribution < 1.29 is 22.7 Å². The third-order valence-corrected chi connectivity index (χ3v) is 8.27. The number of benzene rings is 2. The SMILES string of the molecule is CCCc1ccc(S(=O)(=O)N2CCc3c(c(C(=O)NCc4ccc5c(c4)OCO5)nn3C)C2)cc1. The molecule has 0 unspecified atom stereocenters. The Morgan fingerprint density at radius 3 is 2.60 bits per heavy atom. The molecule has 0 saturated heterocycles. The average Bonchev–Trinajstić information content (AvgIpc) is 3.47. The van der Waals surface area contributed by atoms with E-state index in [1.807, 2.05) is 30.3 Å². The molecule has 10 heteroatoms. The van der Waals surface area contributed by atoms with Crippen LogP contribution < -0.4 is 14.8 Å². The zero-order chi connectivity index (χ0) is 24.6. The summed E-state index contributed by atoms with van der Waals surface area (Å²) in [4.78, 5) is 13.3. The number of aromatic nitrogens is 2. The first-order chi connectivity index (χ1) is 16.9. The van der Waals surface area contributed by atoms with Gasteiger partial charge >= 0.3 is 0 Å². The molecule has 1 aromatic heterocycles. The van der Waals surface area contributed by atoms with Crippen LogP contribution in [-0.2, 0) is 43.0 Å². The average molecular weight is 497 g/mol. The molecule has 0 saturated carbocycles. The van der Waals surface area contributed by atoms with Crippen LogP contribution in [0.1, 0.15) is 46.2 Å². The minimum Gasteiger partial charge on any atom is -0.454 e. The maximum absolute atomic E-state index is 13.3. The lowest BCUT2D eigenvalue weighted by Gasteiger charge is -2.27. The third kappa shape index (κ3) is 4.51. The van der Waals surface area contributed by atoms with Crippen molar-refractivity contribution >= 4 is 15.9 Å². The molecule has 5 rings (SSSR count). The highest BCUT2D eigenvalue weighted by atomic mass is 32.2. The number of hydrogen-bond donors (Lipinski definition) is 1. The molecule has 2 aliphatic rings. The normalized spacial score (nSPS) is 15.1. The first-order valence-electron chi connectivity index (χ1n) is 11.7. The van der Waals surface area contributed by atoms with Gasteiger partial charge in [0.15, 0.2) is 17.2 Å². The standard InChI is InChI=1S/C25H28N4O5S/c1-3-4-17-5-8-19(9-6-17)35(31,32)29-12-11-21-20(15-29)24(27-28(21)2)25(30)26-14-18-7-10-22-23(13-18)34-16-33-22/h5-10,13H,3-4,11-12,14-16H2,1-2H3,(H,26,30). The van der Waals surface area contributed by atoms with E-state index in [9.17, 15) is 13.2 Å². The van der Waals surface area contributed by atoms with Gasteiger partial charge in [-0.2, -0.15) is 9.40 Å². The number of ether oxygens (including phenoxy) is 2. The highest BCUT2D eigenvalue weighted by molar-refractivity contribution is 7.89. The molecule has 3 aromatic rings. The van der Waals surface area contributed by atoms with Crippen molar-refractivity contribution in [2.45, 2.75) is 44.2 Å². The van der Waals surface area contributed by atoms with Crippen molar-refractivity contribution in [3.63, 3.8) is 0 Å². The van der Waals surface area contributed by atoms with Crippen LogP contribution >= 0.6 is 0 Å². The van der Waals surface area contributed by atoms with E-state index in [1.54, 1.807) is 23.9 Å². The molecule has 0 aliphatic carbocycles. The topological polar surface area (TPSA) is 103 Å². The van der Waals surface area contributed by atoms with E-state index in [2.05, 4.69) is 17.3 Å². The number of nitrogens with zero attached hydrogens (tertiary/aromatic N) is 3. The van der Waals surface area contributed by atoms with Crippen molar-refractivity contribution in [2.24, 2.45) is 7.05 Å². The van der Waals surface area contributed by atoms with Crippen molar-refractivity contribution in [3.8, 4) is 11.5 Å². The summed E-state index contributed by atoms with van der Waals surface area (Å²) in [6.45, 7) is 3.01. The second kappa shape index (κ2) is 9.35. The second-order valence-corrected chi connectivity index (χ2v) is 10.7. The summed E-state index contributed by atoms with van der Waals surface area (Å²) in [6, 6.07) is 12.6. The van der Waals surface area contributed by atoms with Gasteiger partial charge < -0.3 is 14.8 Å². The van der Waals surface area contributed by atoms with Crippen LogP contribution in [-0.4, -0.2) is 41.7 Å². The molecule has 2 aliphatic heterocycles. The molecular formula is C25H28N4O5S. The quantitative estimate of drug-likeness (QED) is 0.540. The van der Waals surface area contributed by atoms with Gasteiger partial charge in [0.05, 0.1) is 4.90 Å². The lowest BCUT2D eigenvalue weighted by molar-refractivity contribution is 0.0943. The van der Waals surface area contributed by atoms with E-state index in [1.165, 1.54) is 4.31 Å². The van der Waals surface area contributed by atoms with Gasteiger partial charge in [0.25, 0.3) is 5.91 Å². The molecule has 0 spiro atoms. The zero-order valence-corrected chi connectivity index (χ0v) is 20.6. The second-order valence-electron chi connectivity index (χ2n) is 8.75. The van der Waals surface area contributed by atoms with Crippen molar-refractivity contribution in [1.82, 2.24) is 19.4 Å². The number of nitrogens with one attached hydrogen (secondary N) is 1. The molecule has 0 bridgehead atoms. The number of carbonyl (C=O) groups is 1. The highest BCUT2D eigenvalue weighted by Gasteiger charge is 2.33. The fourth-order valence-corrected chi connectivity index (χ4v) is 5.95. The predicted octanol–water partition coefficient (Wildman–Crippen LogP) is 2.78. The zero-order valence-electron chi connectivity index (χ0n) is 19.8. The largest absolute Gasteiger partial charge is 0.454 e. The Kier molecular flexibility index (Phi) is 6.24. The maximum atomic E-state index is 13.3. The molecule has 0 atom stereocenters. The van der Waals surface area contributed by atoms with E-state index in [-0.39, 0.29) is 36.4 Å². The lowest BCUT2D eigenvalue weighted by Crippen LogP contribution is -2.37. The fourth-order valence-electron chi connectivity index (χ4n) is 4.54. The summed E-state index contributed by atoms with van der Waals surface area (Å²) in [7, 11) is -1.91. The molecule has 9 nitrogen and oxygen atoms in total. The summed E-state index contributed by atoms with van der Waals surface area (Å²) in [5.74, 6) is 0.985. The number of hydrogen-bond acceptors (Lipinski definition) is 6. The van der Waals surface area contributed by atoms with Crippen molar-refractivity contribution in [2.75, 3.05) is 13.3 Å². The minimum atomic E-state index is -3.69. The van der Waals surface area contributed by atoms with Gasteiger partial charge in [-0.15, -0.1) is 0 Å². The number of fused-ring (bicyclic) bond motifs is 2. The molecule has 35 heavy (non-hydrogen) atoms. The van der Waals surface area contributed by atoms with Crippen LogP contribution in [0.3, 0.4) is 0 Å². The fraction of sp³-hybridized carbons (Fsp3) is 0.360. The summed E-state index contributed by atoms with van der Waals surface area (Å²) in [6.07, 6.45) is 2.40. The van der Waals surface area contributed by atoms with Gasteiger partial charge in [0, 0.05) is 44.4 Å². The Morgan fingerprint density at radius 2 is 1.83 bits per heavy atom. The summed E-state index contributed by atoms with van der Waals surface area (Å²) >= 11 is 0. The third-order valence-electron chi connectivity index (χ3n) is 6.41. The first kappa shape index (κ1) is 23.4. The van der Waals surface area contributed by atoms with Crippen LogP contribution in [0.15, 0.2) is 47.4 Å². The molecule has 2 aromatic carbocycles. The Balaban J connectivity index is 1.33. The molecule has 0 radical (unpaired) electrons. The lowest BCUT2D eigenvalue weighted by atomic mass is 10.1. The molecule has 3 heterocycles. The van der Waals surface area contributed by atoms with Gasteiger partial charge in [-0.1, -0.05) is 31.5 Å². The summed E-state index contributed by atoms with van der Waals surface area (Å²) in [5.41, 5.74) is 3.75. The molecule has 1 N–H and O–H groups in total. The smallest absolute Gasteiger partial charge is 0.272 e. The van der Waals surface area contributed by atoms with Gasteiger partial charge in [0.1, 0.15) is 0 Å². The van der Waals surface area contributed by atoms with Crippen LogP contribution in [0.5, 0.6) is 11.5 Å². The monoisotopic (exact) mass is 496 g/mol. The molecule has 1 amide bonds. The maximum Gasteiger partial charge on any atom is 0.272 e. The Hall–Kier alpha value is -3.37. The van der Waals surface area contributed by atoms with E-state index < -0.39 is 10.0 Å². The summed E-state index contributed by atoms with van der Waals surface area (Å²) < 4.78 is 40.5. The van der Waals surface area contributed by atoms with Crippen molar-refractivity contribution in [3.05, 3.63) is 70.5 Å². The Labute approximate surface area is 204 Å². The Morgan fingerprint density at radius 1 is 1.09 bits per heavy atom. The summed E-state index contributed by atoms with van der Waals surface area (Å²) in [5, 5.41) is 7.32. The predicted molar refractivity (Wildman–Crippen MR) is 129 cm³/mol. The first-order valence-corrected chi connectivity index (χ1v) is 13.1. The number of amides is 1. The van der Waals surface area contributed by atoms with Crippen LogP contribution in [0.25, 0.3) is 0 Å². The van der Waals surface area contributed by atoms with Crippen LogP contribution in [0.2, 0.25) is 0 Å². The van der Waals surface area contributed by atoms with E-state index in [0.717, 1.165) is 29.7 Å². The van der Waals surface area contributed by atoms with Gasteiger partial charge in [-0.05, 0) is 41.8 Å². The number of rotatable bonds is 7. The van der Waals surface area contributed by atoms with E-state index in [4.69, 9.17) is 9.47 Å². The van der Waals surface area contributed by atoms with Crippen LogP contribution in [0.4, 0.5) is 0 Å². The Bertz CT molecular complexity index is 1370. The van der Waals surface area contributed by atoms with E-state index >= 15 is 0 Å². The van der Waals surface area contributed by atoms with Gasteiger partial charge in [-0.3, -0.25) is 9.48 Å².